The zero-order valence-corrected chi connectivity index (χ0v) is 12.8. The van der Waals surface area contributed by atoms with E-state index >= 15 is 0 Å². The minimum atomic E-state index is -0.407. The fraction of sp³-hybridized carbons (Fsp3) is 0.0556. The van der Waals surface area contributed by atoms with E-state index in [-0.39, 0.29) is 0 Å². The molecule has 0 radical (unpaired) electrons. The summed E-state index contributed by atoms with van der Waals surface area (Å²) in [6.07, 6.45) is 0. The van der Waals surface area contributed by atoms with E-state index < -0.39 is 5.97 Å². The molecule has 0 saturated heterocycles. The smallest absolute Gasteiger partial charge is 0.357 e. The molecule has 0 aliphatic heterocycles. The Bertz CT molecular complexity index is 764. The van der Waals surface area contributed by atoms with Crippen LogP contribution in [0.3, 0.4) is 0 Å². The van der Waals surface area contributed by atoms with Crippen LogP contribution < -0.4 is 9.47 Å². The molecule has 3 aromatic rings. The van der Waals surface area contributed by atoms with Gasteiger partial charge in [0.1, 0.15) is 11.5 Å². The van der Waals surface area contributed by atoms with Gasteiger partial charge >= 0.3 is 5.97 Å². The summed E-state index contributed by atoms with van der Waals surface area (Å²) in [5, 5.41) is 0. The van der Waals surface area contributed by atoms with Crippen LogP contribution in [0.2, 0.25) is 0 Å². The van der Waals surface area contributed by atoms with Crippen LogP contribution >= 0.6 is 11.3 Å². The average molecular weight is 310 g/mol. The standard InChI is InChI=1S/C18H14O3S/c1-20-15-12-16(13-8-4-2-5-9-13)22-17(15)18(19)21-14-10-6-3-7-11-14/h2-12H,1H3. The molecule has 4 heteroatoms. The van der Waals surface area contributed by atoms with Crippen molar-refractivity contribution < 1.29 is 14.3 Å². The van der Waals surface area contributed by atoms with Gasteiger partial charge in [0, 0.05) is 4.88 Å². The lowest BCUT2D eigenvalue weighted by atomic mass is 10.2. The summed E-state index contributed by atoms with van der Waals surface area (Å²) in [4.78, 5) is 13.8. The quantitative estimate of drug-likeness (QED) is 0.520. The van der Waals surface area contributed by atoms with Crippen molar-refractivity contribution in [3.05, 3.63) is 71.6 Å². The molecule has 0 saturated carbocycles. The van der Waals surface area contributed by atoms with Gasteiger partial charge in [-0.3, -0.25) is 0 Å². The Morgan fingerprint density at radius 3 is 2.23 bits per heavy atom. The Balaban J connectivity index is 1.90. The van der Waals surface area contributed by atoms with E-state index in [9.17, 15) is 4.79 Å². The molecule has 0 fully saturated rings. The van der Waals surface area contributed by atoms with Gasteiger partial charge in [-0.15, -0.1) is 11.3 Å². The van der Waals surface area contributed by atoms with Crippen LogP contribution in [0, 0.1) is 0 Å². The number of ether oxygens (including phenoxy) is 2. The van der Waals surface area contributed by atoms with Crippen molar-refractivity contribution in [2.24, 2.45) is 0 Å². The fourth-order valence-corrected chi connectivity index (χ4v) is 3.06. The lowest BCUT2D eigenvalue weighted by Crippen LogP contribution is -2.07. The molecular weight excluding hydrogens is 296 g/mol. The highest BCUT2D eigenvalue weighted by atomic mass is 32.1. The Hall–Kier alpha value is -2.59. The van der Waals surface area contributed by atoms with Crippen molar-refractivity contribution in [1.29, 1.82) is 0 Å². The number of esters is 1. The van der Waals surface area contributed by atoms with Gasteiger partial charge < -0.3 is 9.47 Å². The Labute approximate surface area is 132 Å². The molecule has 0 atom stereocenters. The van der Waals surface area contributed by atoms with E-state index in [0.29, 0.717) is 16.4 Å². The normalized spacial score (nSPS) is 10.2. The molecule has 0 aliphatic rings. The Kier molecular flexibility index (Phi) is 4.21. The molecule has 0 aliphatic carbocycles. The van der Waals surface area contributed by atoms with Crippen molar-refractivity contribution in [1.82, 2.24) is 0 Å². The lowest BCUT2D eigenvalue weighted by Gasteiger charge is -2.03. The largest absolute Gasteiger partial charge is 0.495 e. The zero-order valence-electron chi connectivity index (χ0n) is 12.0. The van der Waals surface area contributed by atoms with Crippen LogP contribution in [-0.2, 0) is 0 Å². The summed E-state index contributed by atoms with van der Waals surface area (Å²) in [5.74, 6) is 0.643. The number of hydrogen-bond donors (Lipinski definition) is 0. The number of rotatable bonds is 4. The van der Waals surface area contributed by atoms with Crippen molar-refractivity contribution in [3.63, 3.8) is 0 Å². The van der Waals surface area contributed by atoms with Crippen LogP contribution in [0.15, 0.2) is 66.7 Å². The first-order valence-corrected chi connectivity index (χ1v) is 7.60. The molecule has 1 aromatic heterocycles. The fourth-order valence-electron chi connectivity index (χ4n) is 2.05. The SMILES string of the molecule is COc1cc(-c2ccccc2)sc1C(=O)Oc1ccccc1. The van der Waals surface area contributed by atoms with E-state index in [2.05, 4.69) is 0 Å². The molecular formula is C18H14O3S. The predicted molar refractivity (Wildman–Crippen MR) is 87.7 cm³/mol. The molecule has 0 N–H and O–H groups in total. The van der Waals surface area contributed by atoms with Gasteiger partial charge in [-0.1, -0.05) is 48.5 Å². The van der Waals surface area contributed by atoms with Crippen molar-refractivity contribution in [3.8, 4) is 21.9 Å². The molecule has 0 spiro atoms. The average Bonchev–Trinajstić information content (AvgIpc) is 3.01. The van der Waals surface area contributed by atoms with E-state index in [1.165, 1.54) is 11.3 Å². The van der Waals surface area contributed by atoms with E-state index in [1.54, 1.807) is 19.2 Å². The topological polar surface area (TPSA) is 35.5 Å². The second-order valence-corrected chi connectivity index (χ2v) is 5.63. The Morgan fingerprint density at radius 2 is 1.59 bits per heavy atom. The third kappa shape index (κ3) is 3.02. The molecule has 0 bridgehead atoms. The maximum atomic E-state index is 12.3. The molecule has 3 nitrogen and oxygen atoms in total. The van der Waals surface area contributed by atoms with Gasteiger partial charge in [-0.25, -0.2) is 4.79 Å². The van der Waals surface area contributed by atoms with Gasteiger partial charge in [0.2, 0.25) is 0 Å². The second-order valence-electron chi connectivity index (χ2n) is 4.58. The highest BCUT2D eigenvalue weighted by Gasteiger charge is 2.19. The predicted octanol–water partition coefficient (Wildman–Crippen LogP) is 4.64. The number of hydrogen-bond acceptors (Lipinski definition) is 4. The number of carbonyl (C=O) groups is 1. The van der Waals surface area contributed by atoms with Crippen LogP contribution in [0.4, 0.5) is 0 Å². The molecule has 110 valence electrons. The maximum absolute atomic E-state index is 12.3. The summed E-state index contributed by atoms with van der Waals surface area (Å²) in [7, 11) is 1.55. The van der Waals surface area contributed by atoms with Crippen molar-refractivity contribution in [2.45, 2.75) is 0 Å². The van der Waals surface area contributed by atoms with Gasteiger partial charge in [0.25, 0.3) is 0 Å². The molecule has 1 heterocycles. The number of carbonyl (C=O) groups excluding carboxylic acids is 1. The summed E-state index contributed by atoms with van der Waals surface area (Å²) in [5.41, 5.74) is 1.05. The first kappa shape index (κ1) is 14.4. The van der Waals surface area contributed by atoms with Crippen LogP contribution in [0.1, 0.15) is 9.67 Å². The van der Waals surface area contributed by atoms with Gasteiger partial charge in [0.15, 0.2) is 4.88 Å². The van der Waals surface area contributed by atoms with Crippen LogP contribution in [-0.4, -0.2) is 13.1 Å². The lowest BCUT2D eigenvalue weighted by molar-refractivity contribution is 0.0737. The minimum Gasteiger partial charge on any atom is -0.495 e. The summed E-state index contributed by atoms with van der Waals surface area (Å²) in [6, 6.07) is 20.7. The van der Waals surface area contributed by atoms with Crippen LogP contribution in [0.5, 0.6) is 11.5 Å². The summed E-state index contributed by atoms with van der Waals surface area (Å²) >= 11 is 1.36. The van der Waals surface area contributed by atoms with E-state index in [1.807, 2.05) is 54.6 Å². The number of para-hydroxylation sites is 1. The molecule has 3 rings (SSSR count). The number of thiophene rings is 1. The first-order chi connectivity index (χ1) is 10.8. The Morgan fingerprint density at radius 1 is 0.955 bits per heavy atom. The summed E-state index contributed by atoms with van der Waals surface area (Å²) < 4.78 is 10.7. The van der Waals surface area contributed by atoms with E-state index in [4.69, 9.17) is 9.47 Å². The van der Waals surface area contributed by atoms with Crippen molar-refractivity contribution in [2.75, 3.05) is 7.11 Å². The van der Waals surface area contributed by atoms with Crippen LogP contribution in [0.25, 0.3) is 10.4 Å². The van der Waals surface area contributed by atoms with Gasteiger partial charge in [-0.05, 0) is 23.8 Å². The minimum absolute atomic E-state index is 0.407. The molecule has 2 aromatic carbocycles. The van der Waals surface area contributed by atoms with E-state index in [0.717, 1.165) is 10.4 Å². The highest BCUT2D eigenvalue weighted by Crippen LogP contribution is 2.36. The van der Waals surface area contributed by atoms with Gasteiger partial charge in [0.05, 0.1) is 7.11 Å². The number of methoxy groups -OCH3 is 1. The van der Waals surface area contributed by atoms with Crippen molar-refractivity contribution >= 4 is 17.3 Å². The summed E-state index contributed by atoms with van der Waals surface area (Å²) in [6.45, 7) is 0. The highest BCUT2D eigenvalue weighted by molar-refractivity contribution is 7.17. The monoisotopic (exact) mass is 310 g/mol. The first-order valence-electron chi connectivity index (χ1n) is 6.78. The molecule has 0 amide bonds. The molecule has 0 unspecified atom stereocenters. The molecule has 22 heavy (non-hydrogen) atoms. The second kappa shape index (κ2) is 6.45. The van der Waals surface area contributed by atoms with Gasteiger partial charge in [-0.2, -0.15) is 0 Å². The zero-order chi connectivity index (χ0) is 15.4. The maximum Gasteiger partial charge on any atom is 0.357 e. The third-order valence-corrected chi connectivity index (χ3v) is 4.26. The number of benzene rings is 2. The third-order valence-electron chi connectivity index (χ3n) is 3.12.